The third kappa shape index (κ3) is 5.45. The minimum atomic E-state index is -6.37. The fourth-order valence-corrected chi connectivity index (χ4v) is 8.95. The van der Waals surface area contributed by atoms with Crippen LogP contribution in [-0.4, -0.2) is 61.9 Å². The number of aliphatic carboxylic acids is 1. The second-order valence-electron chi connectivity index (χ2n) is 11.0. The van der Waals surface area contributed by atoms with Crippen LogP contribution in [0.3, 0.4) is 0 Å². The Morgan fingerprint density at radius 2 is 1.61 bits per heavy atom. The molecule has 0 spiro atoms. The maximum absolute atomic E-state index is 15.0. The highest BCUT2D eigenvalue weighted by atomic mass is 32.2. The number of carbonyl (C=O) groups is 2. The normalized spacial score (nSPS) is 21.5. The lowest BCUT2D eigenvalue weighted by molar-refractivity contribution is -0.348. The van der Waals surface area contributed by atoms with Crippen LogP contribution in [0.15, 0.2) is 53.4 Å². The predicted octanol–water partition coefficient (Wildman–Crippen LogP) is 6.42. The van der Waals surface area contributed by atoms with Crippen molar-refractivity contribution in [3.63, 3.8) is 0 Å². The first-order valence-corrected chi connectivity index (χ1v) is 15.3. The summed E-state index contributed by atoms with van der Waals surface area (Å²) in [7, 11) is -4.50. The lowest BCUT2D eigenvalue weighted by atomic mass is 9.76. The average molecular weight is 656 g/mol. The van der Waals surface area contributed by atoms with E-state index in [-0.39, 0.29) is 73.6 Å². The van der Waals surface area contributed by atoms with Gasteiger partial charge in [0.25, 0.3) is 0 Å². The molecule has 2 aliphatic rings. The number of benzene rings is 2. The molecule has 0 aromatic heterocycles. The summed E-state index contributed by atoms with van der Waals surface area (Å²) in [5.74, 6) is -2.73. The monoisotopic (exact) mass is 655 g/mol. The van der Waals surface area contributed by atoms with Gasteiger partial charge in [0.1, 0.15) is 4.75 Å². The first-order valence-electron chi connectivity index (χ1n) is 13.8. The molecular weight excluding hydrogens is 626 g/mol. The van der Waals surface area contributed by atoms with E-state index in [0.717, 1.165) is 6.07 Å². The summed E-state index contributed by atoms with van der Waals surface area (Å²) < 4.78 is 136. The molecule has 0 bridgehead atoms. The zero-order valence-electron chi connectivity index (χ0n) is 23.1. The van der Waals surface area contributed by atoms with E-state index in [4.69, 9.17) is 5.11 Å². The van der Waals surface area contributed by atoms with Gasteiger partial charge in [-0.1, -0.05) is 36.4 Å². The molecule has 44 heavy (non-hydrogen) atoms. The van der Waals surface area contributed by atoms with E-state index in [1.54, 1.807) is 0 Å². The number of aryl methyl sites for hydroxylation is 1. The maximum atomic E-state index is 15.0. The lowest BCUT2D eigenvalue weighted by Gasteiger charge is -2.43. The molecule has 1 aliphatic carbocycles. The van der Waals surface area contributed by atoms with Crippen LogP contribution in [0.25, 0.3) is 0 Å². The molecule has 2 aromatic carbocycles. The van der Waals surface area contributed by atoms with Crippen LogP contribution in [0.1, 0.15) is 55.2 Å². The van der Waals surface area contributed by atoms with Gasteiger partial charge in [0.2, 0.25) is 5.91 Å². The molecule has 1 saturated heterocycles. The summed E-state index contributed by atoms with van der Waals surface area (Å²) >= 11 is 0. The van der Waals surface area contributed by atoms with Crippen LogP contribution in [0, 0.1) is 5.92 Å². The van der Waals surface area contributed by atoms with Gasteiger partial charge in [-0.25, -0.2) is 12.8 Å². The van der Waals surface area contributed by atoms with Crippen molar-refractivity contribution < 1.29 is 58.2 Å². The Morgan fingerprint density at radius 1 is 0.977 bits per heavy atom. The Balaban J connectivity index is 1.86. The molecule has 1 aliphatic heterocycles. The first-order chi connectivity index (χ1) is 20.4. The van der Waals surface area contributed by atoms with Crippen molar-refractivity contribution in [1.82, 2.24) is 4.90 Å². The molecule has 242 valence electrons. The van der Waals surface area contributed by atoms with E-state index in [0.29, 0.717) is 6.07 Å². The second-order valence-corrected chi connectivity index (χ2v) is 13.2. The number of carbonyl (C=O) groups excluding carboxylic acids is 1. The van der Waals surface area contributed by atoms with Gasteiger partial charge < -0.3 is 10.0 Å². The average Bonchev–Trinajstić information content (AvgIpc) is 3.36. The summed E-state index contributed by atoms with van der Waals surface area (Å²) in [6.07, 6.45) is -14.0. The Bertz CT molecular complexity index is 1480. The minimum Gasteiger partial charge on any atom is -0.481 e. The topological polar surface area (TPSA) is 91.8 Å². The number of sulfone groups is 1. The number of carboxylic acid groups (broad SMARTS) is 1. The number of halogens is 8. The van der Waals surface area contributed by atoms with Gasteiger partial charge in [-0.2, -0.15) is 26.3 Å². The molecule has 0 radical (unpaired) electrons. The van der Waals surface area contributed by atoms with Crippen molar-refractivity contribution >= 4 is 21.7 Å². The van der Waals surface area contributed by atoms with E-state index in [2.05, 4.69) is 0 Å². The fraction of sp³-hybridized carbons (Fsp3) is 0.517. The number of hydrogen-bond acceptors (Lipinski definition) is 4. The Labute approximate surface area is 248 Å². The zero-order chi connectivity index (χ0) is 32.7. The summed E-state index contributed by atoms with van der Waals surface area (Å²) in [5.41, 5.74) is -7.83. The van der Waals surface area contributed by atoms with Gasteiger partial charge in [-0.15, -0.1) is 0 Å². The third-order valence-corrected chi connectivity index (χ3v) is 11.2. The SMILES string of the molecule is O=C(O)CCC[C@@H](CCF)C(=O)N1CC[C@@]2(S(=O)(=O)c3ccccc3)c3ccc(C(F)(C(F)(F)F)C(F)(F)F)cc3CC[C@@H]12. The van der Waals surface area contributed by atoms with E-state index in [9.17, 15) is 53.1 Å². The number of carboxylic acids is 1. The Morgan fingerprint density at radius 3 is 2.18 bits per heavy atom. The smallest absolute Gasteiger partial charge is 0.435 e. The molecule has 1 heterocycles. The van der Waals surface area contributed by atoms with Crippen LogP contribution in [-0.2, 0) is 36.3 Å². The highest BCUT2D eigenvalue weighted by Crippen LogP contribution is 2.56. The van der Waals surface area contributed by atoms with E-state index >= 15 is 0 Å². The standard InChI is InChI=1S/C29H29F8NO5S/c30-15-13-18(5-4-8-24(39)40)25(41)38-16-14-26(44(42,43)21-6-2-1-3-7-21)22-11-10-20(17-19(22)9-12-23(26)38)27(31,28(32,33)34)29(35,36)37/h1-3,6-7,10-11,17-18,23H,4-5,8-9,12-16H2,(H,39,40)/t18-,23+,26+/m0/s1. The first kappa shape index (κ1) is 33.7. The highest BCUT2D eigenvalue weighted by molar-refractivity contribution is 7.92. The van der Waals surface area contributed by atoms with Gasteiger partial charge in [0, 0.05) is 24.4 Å². The lowest BCUT2D eigenvalue weighted by Crippen LogP contribution is -2.53. The molecule has 0 unspecified atom stereocenters. The van der Waals surface area contributed by atoms with Gasteiger partial charge >= 0.3 is 24.0 Å². The van der Waals surface area contributed by atoms with E-state index in [1.165, 1.54) is 35.2 Å². The van der Waals surface area contributed by atoms with E-state index < -0.39 is 68.7 Å². The zero-order valence-corrected chi connectivity index (χ0v) is 23.9. The molecule has 0 saturated carbocycles. The summed E-state index contributed by atoms with van der Waals surface area (Å²) in [6, 6.07) is 7.24. The number of amides is 1. The van der Waals surface area contributed by atoms with Crippen molar-refractivity contribution in [3.8, 4) is 0 Å². The summed E-state index contributed by atoms with van der Waals surface area (Å²) in [4.78, 5) is 25.7. The number of alkyl halides is 8. The van der Waals surface area contributed by atoms with Crippen molar-refractivity contribution in [1.29, 1.82) is 0 Å². The second kappa shape index (κ2) is 11.9. The molecule has 1 fully saturated rings. The summed E-state index contributed by atoms with van der Waals surface area (Å²) in [6.45, 7) is -1.10. The van der Waals surface area contributed by atoms with Gasteiger partial charge in [0.15, 0.2) is 9.84 Å². The third-order valence-electron chi connectivity index (χ3n) is 8.63. The number of rotatable bonds is 10. The maximum Gasteiger partial charge on any atom is 0.435 e. The van der Waals surface area contributed by atoms with Crippen LogP contribution >= 0.6 is 0 Å². The van der Waals surface area contributed by atoms with Crippen molar-refractivity contribution in [3.05, 3.63) is 65.2 Å². The minimum absolute atomic E-state index is 0.00409. The molecule has 15 heteroatoms. The van der Waals surface area contributed by atoms with Gasteiger partial charge in [0.05, 0.1) is 17.6 Å². The highest BCUT2D eigenvalue weighted by Gasteiger charge is 2.74. The molecule has 1 amide bonds. The molecule has 3 atom stereocenters. The van der Waals surface area contributed by atoms with Gasteiger partial charge in [-0.05, 0) is 61.8 Å². The number of likely N-dealkylation sites (tertiary alicyclic amines) is 1. The molecule has 2 aromatic rings. The Kier molecular flexibility index (Phi) is 9.13. The van der Waals surface area contributed by atoms with Gasteiger partial charge in [-0.3, -0.25) is 14.0 Å². The number of hydrogen-bond donors (Lipinski definition) is 1. The molecule has 6 nitrogen and oxygen atoms in total. The van der Waals surface area contributed by atoms with E-state index in [1.807, 2.05) is 0 Å². The van der Waals surface area contributed by atoms with Crippen molar-refractivity contribution in [2.45, 2.75) is 78.7 Å². The van der Waals surface area contributed by atoms with Crippen LogP contribution in [0.5, 0.6) is 0 Å². The number of nitrogens with zero attached hydrogens (tertiary/aromatic N) is 1. The molecule has 1 N–H and O–H groups in total. The summed E-state index contributed by atoms with van der Waals surface area (Å²) in [5, 5.41) is 8.96. The fourth-order valence-electron chi connectivity index (χ4n) is 6.56. The van der Waals surface area contributed by atoms with Crippen LogP contribution in [0.2, 0.25) is 0 Å². The van der Waals surface area contributed by atoms with Crippen LogP contribution < -0.4 is 0 Å². The van der Waals surface area contributed by atoms with Crippen LogP contribution in [0.4, 0.5) is 35.1 Å². The quantitative estimate of drug-likeness (QED) is 0.299. The Hall–Kier alpha value is -3.23. The van der Waals surface area contributed by atoms with Crippen molar-refractivity contribution in [2.24, 2.45) is 5.92 Å². The van der Waals surface area contributed by atoms with Crippen molar-refractivity contribution in [2.75, 3.05) is 13.2 Å². The predicted molar refractivity (Wildman–Crippen MR) is 141 cm³/mol. The molecule has 4 rings (SSSR count). The number of fused-ring (bicyclic) bond motifs is 3. The molecular formula is C29H29F8NO5S. The largest absolute Gasteiger partial charge is 0.481 e.